The van der Waals surface area contributed by atoms with Crippen molar-refractivity contribution in [3.8, 4) is 0 Å². The maximum Gasteiger partial charge on any atom is 0.239 e. The second-order valence-electron chi connectivity index (χ2n) is 5.03. The van der Waals surface area contributed by atoms with Crippen molar-refractivity contribution in [1.82, 2.24) is 15.1 Å². The second-order valence-corrected chi connectivity index (χ2v) is 6.26. The summed E-state index contributed by atoms with van der Waals surface area (Å²) in [5.74, 6) is 2.80. The molecule has 104 valence electrons. The molecule has 0 bridgehead atoms. The van der Waals surface area contributed by atoms with Crippen LogP contribution in [0.3, 0.4) is 0 Å². The molecule has 18 heavy (non-hydrogen) atoms. The number of likely N-dealkylation sites (tertiary alicyclic amines) is 1. The monoisotopic (exact) mass is 271 g/mol. The Morgan fingerprint density at radius 1 is 1.28 bits per heavy atom. The third-order valence-electron chi connectivity index (χ3n) is 3.77. The Labute approximate surface area is 114 Å². The molecule has 2 fully saturated rings. The standard InChI is InChI=1S/C13H25N3OS/c1-2-14-12-4-3-5-16(13(12)17)7-6-15-8-10-18-11-9-15/h12,14H,2-11H2,1H3. The molecule has 0 spiro atoms. The molecule has 0 radical (unpaired) electrons. The maximum absolute atomic E-state index is 12.2. The lowest BCUT2D eigenvalue weighted by Crippen LogP contribution is -2.52. The molecular weight excluding hydrogens is 246 g/mol. The molecule has 2 heterocycles. The fourth-order valence-electron chi connectivity index (χ4n) is 2.68. The van der Waals surface area contributed by atoms with Crippen molar-refractivity contribution in [1.29, 1.82) is 0 Å². The van der Waals surface area contributed by atoms with Gasteiger partial charge in [-0.05, 0) is 19.4 Å². The minimum absolute atomic E-state index is 0.0701. The predicted molar refractivity (Wildman–Crippen MR) is 77.0 cm³/mol. The van der Waals surface area contributed by atoms with Gasteiger partial charge in [-0.3, -0.25) is 9.69 Å². The second kappa shape index (κ2) is 7.36. The molecule has 1 atom stereocenters. The number of thioether (sulfide) groups is 1. The van der Waals surface area contributed by atoms with E-state index in [1.807, 2.05) is 11.8 Å². The first-order valence-electron chi connectivity index (χ1n) is 7.13. The van der Waals surface area contributed by atoms with Crippen molar-refractivity contribution in [3.63, 3.8) is 0 Å². The highest BCUT2D eigenvalue weighted by molar-refractivity contribution is 7.99. The van der Waals surface area contributed by atoms with Crippen LogP contribution in [0.5, 0.6) is 0 Å². The summed E-state index contributed by atoms with van der Waals surface area (Å²) in [7, 11) is 0. The molecule has 1 amide bonds. The van der Waals surface area contributed by atoms with Gasteiger partial charge in [0.1, 0.15) is 0 Å². The van der Waals surface area contributed by atoms with Crippen LogP contribution in [-0.2, 0) is 4.79 Å². The van der Waals surface area contributed by atoms with Crippen molar-refractivity contribution in [3.05, 3.63) is 0 Å². The topological polar surface area (TPSA) is 35.6 Å². The van der Waals surface area contributed by atoms with Gasteiger partial charge in [0.15, 0.2) is 0 Å². The third-order valence-corrected chi connectivity index (χ3v) is 4.71. The summed E-state index contributed by atoms with van der Waals surface area (Å²) < 4.78 is 0. The fourth-order valence-corrected chi connectivity index (χ4v) is 3.66. The van der Waals surface area contributed by atoms with Crippen molar-refractivity contribution >= 4 is 17.7 Å². The molecule has 0 aromatic rings. The molecule has 2 rings (SSSR count). The summed E-state index contributed by atoms with van der Waals surface area (Å²) in [5, 5.41) is 3.29. The van der Waals surface area contributed by atoms with Gasteiger partial charge in [0, 0.05) is 44.2 Å². The number of carbonyl (C=O) groups excluding carboxylic acids is 1. The summed E-state index contributed by atoms with van der Waals surface area (Å²) in [6.07, 6.45) is 2.14. The van der Waals surface area contributed by atoms with E-state index < -0.39 is 0 Å². The molecule has 2 aliphatic rings. The fraction of sp³-hybridized carbons (Fsp3) is 0.923. The van der Waals surface area contributed by atoms with E-state index in [1.54, 1.807) is 0 Å². The van der Waals surface area contributed by atoms with Gasteiger partial charge in [-0.25, -0.2) is 0 Å². The Morgan fingerprint density at radius 2 is 2.06 bits per heavy atom. The van der Waals surface area contributed by atoms with E-state index in [4.69, 9.17) is 0 Å². The number of amides is 1. The number of hydrogen-bond donors (Lipinski definition) is 1. The van der Waals surface area contributed by atoms with Gasteiger partial charge >= 0.3 is 0 Å². The minimum Gasteiger partial charge on any atom is -0.340 e. The molecule has 0 aromatic heterocycles. The van der Waals surface area contributed by atoms with Gasteiger partial charge in [-0.15, -0.1) is 0 Å². The summed E-state index contributed by atoms with van der Waals surface area (Å²) in [4.78, 5) is 16.8. The minimum atomic E-state index is 0.0701. The van der Waals surface area contributed by atoms with Gasteiger partial charge in [-0.1, -0.05) is 6.92 Å². The molecule has 5 heteroatoms. The molecule has 0 aromatic carbocycles. The Hall–Kier alpha value is -0.260. The van der Waals surface area contributed by atoms with E-state index >= 15 is 0 Å². The van der Waals surface area contributed by atoms with Crippen molar-refractivity contribution in [2.45, 2.75) is 25.8 Å². The average molecular weight is 271 g/mol. The van der Waals surface area contributed by atoms with E-state index in [9.17, 15) is 4.79 Å². The molecule has 0 aliphatic carbocycles. The number of nitrogens with zero attached hydrogens (tertiary/aromatic N) is 2. The van der Waals surface area contributed by atoms with E-state index in [2.05, 4.69) is 22.0 Å². The Balaban J connectivity index is 1.75. The van der Waals surface area contributed by atoms with Gasteiger partial charge in [0.25, 0.3) is 0 Å². The van der Waals surface area contributed by atoms with Gasteiger partial charge in [-0.2, -0.15) is 11.8 Å². The van der Waals surface area contributed by atoms with E-state index in [0.29, 0.717) is 5.91 Å². The molecule has 1 N–H and O–H groups in total. The van der Waals surface area contributed by atoms with Crippen LogP contribution >= 0.6 is 11.8 Å². The average Bonchev–Trinajstić information content (AvgIpc) is 2.41. The van der Waals surface area contributed by atoms with Crippen LogP contribution < -0.4 is 5.32 Å². The lowest BCUT2D eigenvalue weighted by atomic mass is 10.0. The summed E-state index contributed by atoms with van der Waals surface area (Å²) in [5.41, 5.74) is 0. The number of rotatable bonds is 5. The van der Waals surface area contributed by atoms with Crippen LogP contribution in [0, 0.1) is 0 Å². The number of likely N-dealkylation sites (N-methyl/N-ethyl adjacent to an activating group) is 1. The summed E-state index contributed by atoms with van der Waals surface area (Å²) in [6, 6.07) is 0.0701. The van der Waals surface area contributed by atoms with Crippen molar-refractivity contribution < 1.29 is 4.79 Å². The molecule has 2 saturated heterocycles. The first-order valence-corrected chi connectivity index (χ1v) is 8.29. The summed E-state index contributed by atoms with van der Waals surface area (Å²) in [6.45, 7) is 8.22. The van der Waals surface area contributed by atoms with E-state index in [0.717, 1.165) is 39.0 Å². The quantitative estimate of drug-likeness (QED) is 0.796. The molecule has 2 aliphatic heterocycles. The molecular formula is C13H25N3OS. The number of carbonyl (C=O) groups is 1. The zero-order valence-electron chi connectivity index (χ0n) is 11.4. The highest BCUT2D eigenvalue weighted by Gasteiger charge is 2.27. The van der Waals surface area contributed by atoms with Crippen LogP contribution in [-0.4, -0.2) is 72.5 Å². The Morgan fingerprint density at radius 3 is 2.78 bits per heavy atom. The largest absolute Gasteiger partial charge is 0.340 e. The Kier molecular flexibility index (Phi) is 5.79. The van der Waals surface area contributed by atoms with Crippen molar-refractivity contribution in [2.24, 2.45) is 0 Å². The highest BCUT2D eigenvalue weighted by atomic mass is 32.2. The van der Waals surface area contributed by atoms with E-state index in [1.165, 1.54) is 24.6 Å². The van der Waals surface area contributed by atoms with Crippen molar-refractivity contribution in [2.75, 3.05) is 50.8 Å². The SMILES string of the molecule is CCNC1CCCN(CCN2CCSCC2)C1=O. The molecule has 0 saturated carbocycles. The number of nitrogens with one attached hydrogen (secondary N) is 1. The number of hydrogen-bond acceptors (Lipinski definition) is 4. The molecule has 4 nitrogen and oxygen atoms in total. The van der Waals surface area contributed by atoms with Crippen LogP contribution in [0.4, 0.5) is 0 Å². The van der Waals surface area contributed by atoms with Crippen LogP contribution in [0.1, 0.15) is 19.8 Å². The zero-order chi connectivity index (χ0) is 12.8. The van der Waals surface area contributed by atoms with Crippen LogP contribution in [0.2, 0.25) is 0 Å². The Bertz CT molecular complexity index is 267. The summed E-state index contributed by atoms with van der Waals surface area (Å²) >= 11 is 2.04. The van der Waals surface area contributed by atoms with Crippen LogP contribution in [0.15, 0.2) is 0 Å². The lowest BCUT2D eigenvalue weighted by molar-refractivity contribution is -0.136. The third kappa shape index (κ3) is 3.87. The normalized spacial score (nSPS) is 26.6. The first kappa shape index (κ1) is 14.2. The van der Waals surface area contributed by atoms with E-state index in [-0.39, 0.29) is 6.04 Å². The zero-order valence-corrected chi connectivity index (χ0v) is 12.2. The van der Waals surface area contributed by atoms with Crippen LogP contribution in [0.25, 0.3) is 0 Å². The number of piperidine rings is 1. The predicted octanol–water partition coefficient (Wildman–Crippen LogP) is 0.636. The van der Waals surface area contributed by atoms with Gasteiger partial charge < -0.3 is 10.2 Å². The highest BCUT2D eigenvalue weighted by Crippen LogP contribution is 2.13. The maximum atomic E-state index is 12.2. The first-order chi connectivity index (χ1) is 8.81. The van der Waals surface area contributed by atoms with Gasteiger partial charge in [0.2, 0.25) is 5.91 Å². The lowest BCUT2D eigenvalue weighted by Gasteiger charge is -2.35. The molecule has 1 unspecified atom stereocenters. The van der Waals surface area contributed by atoms with Gasteiger partial charge in [0.05, 0.1) is 6.04 Å². The smallest absolute Gasteiger partial charge is 0.239 e.